The van der Waals surface area contributed by atoms with Gasteiger partial charge in [0.2, 0.25) is 0 Å². The number of anilines is 1. The number of fused-ring (bicyclic) bond motifs is 1. The van der Waals surface area contributed by atoms with Crippen LogP contribution < -0.4 is 9.04 Å². The van der Waals surface area contributed by atoms with Crippen molar-refractivity contribution in [2.75, 3.05) is 10.8 Å². The van der Waals surface area contributed by atoms with Gasteiger partial charge in [-0.25, -0.2) is 8.42 Å². The van der Waals surface area contributed by atoms with Crippen molar-refractivity contribution in [3.05, 3.63) is 72.1 Å². The van der Waals surface area contributed by atoms with Crippen LogP contribution in [0, 0.1) is 0 Å². The van der Waals surface area contributed by atoms with Gasteiger partial charge in [-0.3, -0.25) is 14.1 Å². The number of pyridine rings is 1. The highest BCUT2D eigenvalue weighted by Gasteiger charge is 2.37. The second kappa shape index (κ2) is 9.82. The van der Waals surface area contributed by atoms with Crippen molar-refractivity contribution >= 4 is 21.7 Å². The quantitative estimate of drug-likeness (QED) is 0.394. The summed E-state index contributed by atoms with van der Waals surface area (Å²) in [6.45, 7) is -0.441. The molecule has 4 rings (SSSR count). The molecule has 1 aliphatic rings. The Labute approximate surface area is 212 Å². The highest BCUT2D eigenvalue weighted by molar-refractivity contribution is 7.92. The number of alkyl halides is 6. The second-order valence-electron chi connectivity index (χ2n) is 8.38. The molecule has 3 aromatic rings. The maximum absolute atomic E-state index is 13.6. The molecule has 38 heavy (non-hydrogen) atoms. The van der Waals surface area contributed by atoms with Crippen LogP contribution in [0.15, 0.2) is 65.8 Å². The van der Waals surface area contributed by atoms with E-state index in [1.54, 1.807) is 0 Å². The Morgan fingerprint density at radius 1 is 0.974 bits per heavy atom. The molecule has 202 valence electrons. The van der Waals surface area contributed by atoms with Crippen LogP contribution in [0.4, 0.5) is 32.0 Å². The smallest absolute Gasteiger partial charge is 0.417 e. The van der Waals surface area contributed by atoms with E-state index in [1.807, 2.05) is 0 Å². The van der Waals surface area contributed by atoms with Gasteiger partial charge < -0.3 is 9.84 Å². The van der Waals surface area contributed by atoms with Crippen LogP contribution in [-0.4, -0.2) is 37.1 Å². The molecule has 1 N–H and O–H groups in total. The maximum atomic E-state index is 13.6. The molecule has 2 heterocycles. The van der Waals surface area contributed by atoms with E-state index in [0.717, 1.165) is 28.7 Å². The molecule has 7 nitrogen and oxygen atoms in total. The monoisotopic (exact) mass is 560 g/mol. The Morgan fingerprint density at radius 3 is 2.34 bits per heavy atom. The molecule has 0 fully saturated rings. The van der Waals surface area contributed by atoms with Gasteiger partial charge >= 0.3 is 18.3 Å². The summed E-state index contributed by atoms with van der Waals surface area (Å²) < 4.78 is 113. The van der Waals surface area contributed by atoms with Crippen LogP contribution >= 0.6 is 0 Å². The average Bonchev–Trinajstić information content (AvgIpc) is 2.85. The van der Waals surface area contributed by atoms with Crippen LogP contribution in [0.25, 0.3) is 11.1 Å². The zero-order chi connectivity index (χ0) is 27.9. The van der Waals surface area contributed by atoms with Crippen LogP contribution in [0.1, 0.15) is 24.0 Å². The molecule has 1 aliphatic heterocycles. The Hall–Kier alpha value is -3.81. The highest BCUT2D eigenvalue weighted by atomic mass is 32.2. The van der Waals surface area contributed by atoms with Gasteiger partial charge in [-0.05, 0) is 48.4 Å². The summed E-state index contributed by atoms with van der Waals surface area (Å²) in [4.78, 5) is 14.0. The van der Waals surface area contributed by atoms with Gasteiger partial charge in [-0.1, -0.05) is 12.1 Å². The van der Waals surface area contributed by atoms with Gasteiger partial charge in [-0.15, -0.1) is 0 Å². The number of ether oxygens (including phenoxy) is 1. The molecular formula is C24H18F6N2O5S. The number of sulfonamides is 1. The second-order valence-corrected chi connectivity index (χ2v) is 10.2. The molecule has 1 unspecified atom stereocenters. The first-order valence-electron chi connectivity index (χ1n) is 10.9. The van der Waals surface area contributed by atoms with E-state index in [9.17, 15) is 39.6 Å². The van der Waals surface area contributed by atoms with Crippen molar-refractivity contribution in [1.82, 2.24) is 4.98 Å². The lowest BCUT2D eigenvalue weighted by Crippen LogP contribution is -2.43. The number of carbonyl (C=O) groups is 1. The standard InChI is InChI=1S/C24H18F6N2O5S/c25-23(26,27)16-2-1-3-19(10-16)38(35,36)32-13-18(5-7-22(33)34)37-21-6-4-14(9-20(21)32)15-8-17(12-31-11-15)24(28,29)30/h1-4,6,8-12,18H,5,7,13H2,(H,33,34). The van der Waals surface area contributed by atoms with Gasteiger partial charge in [0, 0.05) is 24.4 Å². The summed E-state index contributed by atoms with van der Waals surface area (Å²) >= 11 is 0. The molecule has 0 amide bonds. The van der Waals surface area contributed by atoms with Crippen molar-refractivity contribution in [3.8, 4) is 16.9 Å². The predicted octanol–water partition coefficient (Wildman–Crippen LogP) is 5.61. The minimum absolute atomic E-state index is 0.00652. The fourth-order valence-electron chi connectivity index (χ4n) is 3.87. The molecule has 0 spiro atoms. The number of nitrogens with zero attached hydrogens (tertiary/aromatic N) is 2. The fourth-order valence-corrected chi connectivity index (χ4v) is 5.41. The first-order chi connectivity index (χ1) is 17.7. The lowest BCUT2D eigenvalue weighted by molar-refractivity contribution is -0.138. The molecule has 0 saturated carbocycles. The lowest BCUT2D eigenvalue weighted by Gasteiger charge is -2.35. The first-order valence-corrected chi connectivity index (χ1v) is 12.4. The number of hydrogen-bond acceptors (Lipinski definition) is 5. The Balaban J connectivity index is 1.82. The van der Waals surface area contributed by atoms with Gasteiger partial charge in [-0.2, -0.15) is 26.3 Å². The number of carboxylic acids is 1. The molecule has 0 radical (unpaired) electrons. The van der Waals surface area contributed by atoms with Gasteiger partial charge in [0.25, 0.3) is 10.0 Å². The van der Waals surface area contributed by atoms with Gasteiger partial charge in [0.1, 0.15) is 11.9 Å². The molecular weight excluding hydrogens is 542 g/mol. The Bertz CT molecular complexity index is 1470. The minimum Gasteiger partial charge on any atom is -0.486 e. The van der Waals surface area contributed by atoms with E-state index in [2.05, 4.69) is 4.98 Å². The molecule has 1 aromatic heterocycles. The van der Waals surface area contributed by atoms with E-state index < -0.39 is 57.0 Å². The van der Waals surface area contributed by atoms with E-state index >= 15 is 0 Å². The topological polar surface area (TPSA) is 96.8 Å². The predicted molar refractivity (Wildman–Crippen MR) is 122 cm³/mol. The molecule has 0 aliphatic carbocycles. The molecule has 2 aromatic carbocycles. The van der Waals surface area contributed by atoms with Crippen molar-refractivity contribution in [2.45, 2.75) is 36.2 Å². The molecule has 0 bridgehead atoms. The summed E-state index contributed by atoms with van der Waals surface area (Å²) in [5.74, 6) is -1.20. The largest absolute Gasteiger partial charge is 0.486 e. The number of aliphatic carboxylic acids is 1. The molecule has 0 saturated heterocycles. The zero-order valence-corrected chi connectivity index (χ0v) is 19.9. The third kappa shape index (κ3) is 5.69. The summed E-state index contributed by atoms with van der Waals surface area (Å²) in [6.07, 6.45) is -9.17. The van der Waals surface area contributed by atoms with Crippen molar-refractivity contribution < 1.29 is 49.4 Å². The van der Waals surface area contributed by atoms with E-state index in [-0.39, 0.29) is 35.4 Å². The highest BCUT2D eigenvalue weighted by Crippen LogP contribution is 2.42. The van der Waals surface area contributed by atoms with Crippen LogP contribution in [-0.2, 0) is 27.2 Å². The van der Waals surface area contributed by atoms with Gasteiger partial charge in [0.15, 0.2) is 0 Å². The fraction of sp³-hybridized carbons (Fsp3) is 0.250. The third-order valence-electron chi connectivity index (χ3n) is 5.72. The zero-order valence-electron chi connectivity index (χ0n) is 19.1. The number of halogens is 6. The number of hydrogen-bond donors (Lipinski definition) is 1. The summed E-state index contributed by atoms with van der Waals surface area (Å²) in [6, 6.07) is 7.80. The number of rotatable bonds is 6. The van der Waals surface area contributed by atoms with Crippen molar-refractivity contribution in [3.63, 3.8) is 0 Å². The van der Waals surface area contributed by atoms with Crippen LogP contribution in [0.2, 0.25) is 0 Å². The minimum atomic E-state index is -4.82. The van der Waals surface area contributed by atoms with E-state index in [4.69, 9.17) is 9.84 Å². The number of benzene rings is 2. The van der Waals surface area contributed by atoms with E-state index in [1.165, 1.54) is 18.2 Å². The summed E-state index contributed by atoms with van der Waals surface area (Å²) in [5.41, 5.74) is -2.22. The Morgan fingerprint density at radius 2 is 1.68 bits per heavy atom. The van der Waals surface area contributed by atoms with Crippen LogP contribution in [0.3, 0.4) is 0 Å². The summed E-state index contributed by atoms with van der Waals surface area (Å²) in [5, 5.41) is 9.01. The van der Waals surface area contributed by atoms with Crippen LogP contribution in [0.5, 0.6) is 5.75 Å². The van der Waals surface area contributed by atoms with Crippen molar-refractivity contribution in [2.24, 2.45) is 0 Å². The van der Waals surface area contributed by atoms with Crippen molar-refractivity contribution in [1.29, 1.82) is 0 Å². The van der Waals surface area contributed by atoms with E-state index in [0.29, 0.717) is 18.3 Å². The normalized spacial score (nSPS) is 16.1. The Kier molecular flexibility index (Phi) is 7.03. The third-order valence-corrected chi connectivity index (χ3v) is 7.49. The lowest BCUT2D eigenvalue weighted by atomic mass is 10.0. The molecule has 14 heteroatoms. The van der Waals surface area contributed by atoms with Gasteiger partial charge in [0.05, 0.1) is 28.3 Å². The average molecular weight is 560 g/mol. The number of carboxylic acid groups (broad SMARTS) is 1. The molecule has 1 atom stereocenters. The first kappa shape index (κ1) is 27.2. The maximum Gasteiger partial charge on any atom is 0.417 e. The summed E-state index contributed by atoms with van der Waals surface area (Å²) in [7, 11) is -4.65. The SMILES string of the molecule is O=C(O)CCC1CN(S(=O)(=O)c2cccc(C(F)(F)F)c2)c2cc(-c3cncc(C(F)(F)F)c3)ccc2O1. The number of aromatic nitrogens is 1.